The van der Waals surface area contributed by atoms with Gasteiger partial charge in [-0.3, -0.25) is 4.79 Å². The fraction of sp³-hybridized carbons (Fsp3) is 0.579. The van der Waals surface area contributed by atoms with Gasteiger partial charge in [-0.25, -0.2) is 13.2 Å². The lowest BCUT2D eigenvalue weighted by Crippen LogP contribution is -2.58. The summed E-state index contributed by atoms with van der Waals surface area (Å²) in [6.07, 6.45) is 0.576. The van der Waals surface area contributed by atoms with Crippen LogP contribution in [-0.4, -0.2) is 81.3 Å². The number of ether oxygens (including phenoxy) is 1. The summed E-state index contributed by atoms with van der Waals surface area (Å²) in [5.41, 5.74) is -0.288. The van der Waals surface area contributed by atoms with E-state index >= 15 is 0 Å². The quantitative estimate of drug-likeness (QED) is 0.804. The Morgan fingerprint density at radius 3 is 2.54 bits per heavy atom. The Hall–Kier alpha value is -2.13. The molecule has 9 heteroatoms. The van der Waals surface area contributed by atoms with Crippen LogP contribution in [0.25, 0.3) is 0 Å². The Morgan fingerprint density at radius 1 is 1.25 bits per heavy atom. The highest BCUT2D eigenvalue weighted by Gasteiger charge is 2.31. The van der Waals surface area contributed by atoms with Gasteiger partial charge < -0.3 is 19.9 Å². The zero-order valence-corrected chi connectivity index (χ0v) is 17.9. The molecule has 0 saturated carbocycles. The number of carbonyl (C=O) groups excluding carboxylic acids is 2. The van der Waals surface area contributed by atoms with Crippen LogP contribution in [0, 0.1) is 0 Å². The minimum Gasteiger partial charge on any atom is -0.444 e. The number of likely N-dealkylation sites (N-methyl/N-ethyl adjacent to an activating group) is 1. The molecule has 8 nitrogen and oxygen atoms in total. The number of hydrogen-bond donors (Lipinski definition) is 1. The number of amides is 2. The van der Waals surface area contributed by atoms with Crippen molar-refractivity contribution in [1.29, 1.82) is 0 Å². The molecule has 2 amide bonds. The minimum absolute atomic E-state index is 0.107. The number of alkyl carbamates (subject to hydrolysis) is 1. The number of nitrogens with one attached hydrogen (secondary N) is 1. The van der Waals surface area contributed by atoms with Crippen LogP contribution in [0.15, 0.2) is 29.2 Å². The van der Waals surface area contributed by atoms with Gasteiger partial charge >= 0.3 is 6.09 Å². The van der Waals surface area contributed by atoms with Gasteiger partial charge in [0.05, 0.1) is 10.9 Å². The summed E-state index contributed by atoms with van der Waals surface area (Å²) in [5, 5.41) is 2.72. The summed E-state index contributed by atoms with van der Waals surface area (Å²) >= 11 is 0. The number of hydrogen-bond acceptors (Lipinski definition) is 6. The third-order valence-electron chi connectivity index (χ3n) is 4.34. The van der Waals surface area contributed by atoms with Crippen molar-refractivity contribution in [3.05, 3.63) is 29.8 Å². The average Bonchev–Trinajstić information content (AvgIpc) is 2.57. The topological polar surface area (TPSA) is 96.0 Å². The highest BCUT2D eigenvalue weighted by Crippen LogP contribution is 2.17. The molecule has 2 rings (SSSR count). The van der Waals surface area contributed by atoms with E-state index in [2.05, 4.69) is 10.2 Å². The fourth-order valence-electron chi connectivity index (χ4n) is 2.99. The first-order valence-electron chi connectivity index (χ1n) is 9.13. The standard InChI is InChI=1S/C19H29N3O5S/c1-19(2,3)27-18(24)20-12-15-13-21(4)9-10-22(15)17(23)14-7-6-8-16(11-14)28(5,25)26/h6-8,11,15H,9-10,12-13H2,1-5H3,(H,20,24). The Morgan fingerprint density at radius 2 is 1.93 bits per heavy atom. The molecule has 1 atom stereocenters. The molecular formula is C19H29N3O5S. The smallest absolute Gasteiger partial charge is 0.407 e. The van der Waals surface area contributed by atoms with Gasteiger partial charge in [-0.15, -0.1) is 0 Å². The molecule has 1 aliphatic rings. The van der Waals surface area contributed by atoms with E-state index in [1.807, 2.05) is 7.05 Å². The van der Waals surface area contributed by atoms with Crippen molar-refractivity contribution in [2.75, 3.05) is 39.5 Å². The van der Waals surface area contributed by atoms with Crippen molar-refractivity contribution in [2.45, 2.75) is 37.3 Å². The van der Waals surface area contributed by atoms with Gasteiger partial charge in [-0.1, -0.05) is 6.07 Å². The van der Waals surface area contributed by atoms with Gasteiger partial charge in [-0.05, 0) is 46.0 Å². The molecule has 1 aromatic carbocycles. The molecule has 1 fully saturated rings. The van der Waals surface area contributed by atoms with Crippen molar-refractivity contribution < 1.29 is 22.7 Å². The maximum absolute atomic E-state index is 13.0. The first kappa shape index (κ1) is 22.2. The van der Waals surface area contributed by atoms with Crippen LogP contribution in [0.1, 0.15) is 31.1 Å². The van der Waals surface area contributed by atoms with Gasteiger partial charge in [0.15, 0.2) is 9.84 Å². The molecule has 1 saturated heterocycles. The van der Waals surface area contributed by atoms with Gasteiger partial charge in [0.2, 0.25) is 0 Å². The maximum atomic E-state index is 13.0. The number of nitrogens with zero attached hydrogens (tertiary/aromatic N) is 2. The molecule has 1 N–H and O–H groups in total. The Bertz CT molecular complexity index is 832. The second-order valence-corrected chi connectivity index (χ2v) is 10.1. The van der Waals surface area contributed by atoms with Crippen LogP contribution in [-0.2, 0) is 14.6 Å². The highest BCUT2D eigenvalue weighted by molar-refractivity contribution is 7.90. The lowest BCUT2D eigenvalue weighted by atomic mass is 10.1. The SMILES string of the molecule is CN1CCN(C(=O)c2cccc(S(C)(=O)=O)c2)C(CNC(=O)OC(C)(C)C)C1. The van der Waals surface area contributed by atoms with E-state index in [1.165, 1.54) is 12.1 Å². The Balaban J connectivity index is 2.15. The van der Waals surface area contributed by atoms with Crippen molar-refractivity contribution in [3.8, 4) is 0 Å². The number of piperazine rings is 1. The third kappa shape index (κ3) is 6.20. The second kappa shape index (κ2) is 8.48. The van der Waals surface area contributed by atoms with Crippen molar-refractivity contribution in [1.82, 2.24) is 15.1 Å². The normalized spacial score (nSPS) is 18.6. The van der Waals surface area contributed by atoms with E-state index < -0.39 is 21.5 Å². The van der Waals surface area contributed by atoms with E-state index in [9.17, 15) is 18.0 Å². The number of carbonyl (C=O) groups is 2. The Kier molecular flexibility index (Phi) is 6.71. The first-order valence-corrected chi connectivity index (χ1v) is 11.0. The summed E-state index contributed by atoms with van der Waals surface area (Å²) in [4.78, 5) is 28.9. The number of rotatable bonds is 4. The second-order valence-electron chi connectivity index (χ2n) is 8.10. The number of sulfone groups is 1. The van der Waals surface area contributed by atoms with Crippen molar-refractivity contribution >= 4 is 21.8 Å². The Labute approximate surface area is 166 Å². The molecule has 0 aliphatic carbocycles. The predicted molar refractivity (Wildman–Crippen MR) is 106 cm³/mol. The molecule has 28 heavy (non-hydrogen) atoms. The van der Waals surface area contributed by atoms with E-state index in [0.29, 0.717) is 25.2 Å². The maximum Gasteiger partial charge on any atom is 0.407 e. The average molecular weight is 412 g/mol. The summed E-state index contributed by atoms with van der Waals surface area (Å²) in [6, 6.07) is 5.79. The van der Waals surface area contributed by atoms with Crippen LogP contribution in [0.5, 0.6) is 0 Å². The van der Waals surface area contributed by atoms with E-state index in [0.717, 1.165) is 6.26 Å². The molecule has 1 aliphatic heterocycles. The van der Waals surface area contributed by atoms with Crippen molar-refractivity contribution in [2.24, 2.45) is 0 Å². The molecule has 0 bridgehead atoms. The van der Waals surface area contributed by atoms with Gasteiger partial charge in [0.25, 0.3) is 5.91 Å². The highest BCUT2D eigenvalue weighted by atomic mass is 32.2. The summed E-state index contributed by atoms with van der Waals surface area (Å²) in [6.45, 7) is 7.37. The largest absolute Gasteiger partial charge is 0.444 e. The lowest BCUT2D eigenvalue weighted by molar-refractivity contribution is 0.0403. The molecule has 0 radical (unpaired) electrons. The molecule has 1 aromatic rings. The van der Waals surface area contributed by atoms with Crippen LogP contribution in [0.2, 0.25) is 0 Å². The lowest BCUT2D eigenvalue weighted by Gasteiger charge is -2.40. The molecule has 0 spiro atoms. The predicted octanol–water partition coefficient (Wildman–Crippen LogP) is 1.37. The molecule has 156 valence electrons. The van der Waals surface area contributed by atoms with Crippen LogP contribution >= 0.6 is 0 Å². The monoisotopic (exact) mass is 411 g/mol. The zero-order valence-electron chi connectivity index (χ0n) is 17.1. The zero-order chi connectivity index (χ0) is 21.1. The van der Waals surface area contributed by atoms with E-state index in [1.54, 1.807) is 37.8 Å². The van der Waals surface area contributed by atoms with E-state index in [-0.39, 0.29) is 23.4 Å². The van der Waals surface area contributed by atoms with Gasteiger partial charge in [0, 0.05) is 38.0 Å². The fourth-order valence-corrected chi connectivity index (χ4v) is 3.66. The van der Waals surface area contributed by atoms with Gasteiger partial charge in [-0.2, -0.15) is 0 Å². The summed E-state index contributed by atoms with van der Waals surface area (Å²) in [5.74, 6) is -0.255. The van der Waals surface area contributed by atoms with Crippen molar-refractivity contribution in [3.63, 3.8) is 0 Å². The molecular weight excluding hydrogens is 382 g/mol. The minimum atomic E-state index is -3.40. The van der Waals surface area contributed by atoms with Crippen LogP contribution in [0.4, 0.5) is 4.79 Å². The summed E-state index contributed by atoms with van der Waals surface area (Å²) in [7, 11) is -1.45. The molecule has 0 aromatic heterocycles. The first-order chi connectivity index (χ1) is 12.9. The van der Waals surface area contributed by atoms with E-state index in [4.69, 9.17) is 4.74 Å². The van der Waals surface area contributed by atoms with Gasteiger partial charge in [0.1, 0.15) is 5.60 Å². The molecule has 1 unspecified atom stereocenters. The number of benzene rings is 1. The summed E-state index contributed by atoms with van der Waals surface area (Å²) < 4.78 is 28.8. The molecule has 1 heterocycles. The third-order valence-corrected chi connectivity index (χ3v) is 5.45. The van der Waals surface area contributed by atoms with Crippen LogP contribution in [0.3, 0.4) is 0 Å². The van der Waals surface area contributed by atoms with Crippen LogP contribution < -0.4 is 5.32 Å².